The number of ether oxygens (including phenoxy) is 1. The van der Waals surface area contributed by atoms with Crippen LogP contribution in [0.1, 0.15) is 11.4 Å². The Hall–Kier alpha value is -3.29. The Kier molecular flexibility index (Phi) is 3.64. The third-order valence-corrected chi connectivity index (χ3v) is 4.01. The quantitative estimate of drug-likeness (QED) is 0.790. The maximum atomic E-state index is 14.1. The second-order valence-electron chi connectivity index (χ2n) is 5.71. The number of nitrogens with one attached hydrogen (secondary N) is 1. The first-order valence-electron chi connectivity index (χ1n) is 7.72. The van der Waals surface area contributed by atoms with Crippen LogP contribution in [0.3, 0.4) is 0 Å². The van der Waals surface area contributed by atoms with Gasteiger partial charge in [0.25, 0.3) is 5.91 Å². The summed E-state index contributed by atoms with van der Waals surface area (Å²) in [5.41, 5.74) is 1.60. The largest absolute Gasteiger partial charge is 0.480 e. The van der Waals surface area contributed by atoms with Crippen LogP contribution in [0, 0.1) is 12.7 Å². The summed E-state index contributed by atoms with van der Waals surface area (Å²) in [5.74, 6) is 0.379. The summed E-state index contributed by atoms with van der Waals surface area (Å²) in [6.07, 6.45) is -0.108. The molecule has 0 aliphatic carbocycles. The van der Waals surface area contributed by atoms with Gasteiger partial charge >= 0.3 is 0 Å². The highest BCUT2D eigenvalue weighted by atomic mass is 19.1. The van der Waals surface area contributed by atoms with E-state index in [4.69, 9.17) is 4.74 Å². The molecule has 0 unspecified atom stereocenters. The number of carbonyl (C=O) groups excluding carboxylic acids is 1. The van der Waals surface area contributed by atoms with Crippen molar-refractivity contribution < 1.29 is 13.9 Å². The lowest BCUT2D eigenvalue weighted by Crippen LogP contribution is -2.31. The maximum absolute atomic E-state index is 14.1. The van der Waals surface area contributed by atoms with Crippen LogP contribution in [0.4, 0.5) is 10.1 Å². The monoisotopic (exact) mass is 339 g/mol. The number of halogens is 1. The molecule has 1 atom stereocenters. The van der Waals surface area contributed by atoms with E-state index in [1.807, 2.05) is 24.3 Å². The molecule has 0 bridgehead atoms. The van der Waals surface area contributed by atoms with Crippen molar-refractivity contribution in [2.45, 2.75) is 19.4 Å². The summed E-state index contributed by atoms with van der Waals surface area (Å²) >= 11 is 0. The Morgan fingerprint density at radius 3 is 2.92 bits per heavy atom. The van der Waals surface area contributed by atoms with Crippen LogP contribution in [-0.4, -0.2) is 32.2 Å². The molecule has 1 aliphatic heterocycles. The predicted molar refractivity (Wildman–Crippen MR) is 87.0 cm³/mol. The lowest BCUT2D eigenvalue weighted by Gasteiger charge is -2.12. The molecule has 25 heavy (non-hydrogen) atoms. The van der Waals surface area contributed by atoms with Crippen molar-refractivity contribution in [1.82, 2.24) is 20.2 Å². The van der Waals surface area contributed by atoms with Crippen LogP contribution in [0.2, 0.25) is 0 Å². The fourth-order valence-corrected chi connectivity index (χ4v) is 2.76. The van der Waals surface area contributed by atoms with Gasteiger partial charge in [-0.05, 0) is 47.2 Å². The SMILES string of the molecule is Cc1nnnn1-c1cc(NC(=O)[C@H]2Cc3ccccc3O2)ccc1F. The van der Waals surface area contributed by atoms with Crippen molar-refractivity contribution in [2.24, 2.45) is 0 Å². The average Bonchev–Trinajstić information content (AvgIpc) is 3.22. The Balaban J connectivity index is 1.54. The van der Waals surface area contributed by atoms with Gasteiger partial charge in [0, 0.05) is 12.1 Å². The molecule has 2 heterocycles. The van der Waals surface area contributed by atoms with E-state index in [2.05, 4.69) is 20.8 Å². The molecule has 1 aromatic heterocycles. The van der Waals surface area contributed by atoms with Crippen molar-refractivity contribution in [3.05, 3.63) is 59.7 Å². The molecule has 1 amide bonds. The van der Waals surface area contributed by atoms with E-state index in [9.17, 15) is 9.18 Å². The number of benzene rings is 2. The summed E-state index contributed by atoms with van der Waals surface area (Å²) in [6.45, 7) is 1.66. The average molecular weight is 339 g/mol. The Bertz CT molecular complexity index is 931. The lowest BCUT2D eigenvalue weighted by atomic mass is 10.1. The van der Waals surface area contributed by atoms with Gasteiger partial charge in [0.2, 0.25) is 0 Å². The first-order valence-corrected chi connectivity index (χ1v) is 7.72. The highest BCUT2D eigenvalue weighted by Crippen LogP contribution is 2.29. The van der Waals surface area contributed by atoms with Gasteiger partial charge in [0.15, 0.2) is 11.9 Å². The van der Waals surface area contributed by atoms with E-state index < -0.39 is 11.9 Å². The highest BCUT2D eigenvalue weighted by molar-refractivity contribution is 5.95. The summed E-state index contributed by atoms with van der Waals surface area (Å²) in [6, 6.07) is 11.8. The lowest BCUT2D eigenvalue weighted by molar-refractivity contribution is -0.122. The first-order chi connectivity index (χ1) is 12.1. The molecule has 1 aliphatic rings. The third-order valence-electron chi connectivity index (χ3n) is 4.01. The van der Waals surface area contributed by atoms with Crippen molar-refractivity contribution in [2.75, 3.05) is 5.32 Å². The molecular weight excluding hydrogens is 325 g/mol. The number of anilines is 1. The molecule has 3 aromatic rings. The van der Waals surface area contributed by atoms with Gasteiger partial charge in [-0.2, -0.15) is 4.68 Å². The van der Waals surface area contributed by atoms with Crippen LogP contribution in [0.25, 0.3) is 5.69 Å². The number of aryl methyl sites for hydroxylation is 1. The molecule has 7 nitrogen and oxygen atoms in total. The number of para-hydroxylation sites is 1. The fraction of sp³-hybridized carbons (Fsp3) is 0.176. The highest BCUT2D eigenvalue weighted by Gasteiger charge is 2.29. The van der Waals surface area contributed by atoms with Gasteiger partial charge in [-0.3, -0.25) is 4.79 Å². The van der Waals surface area contributed by atoms with Crippen molar-refractivity contribution >= 4 is 11.6 Å². The molecule has 0 spiro atoms. The van der Waals surface area contributed by atoms with Crippen molar-refractivity contribution in [3.8, 4) is 11.4 Å². The summed E-state index contributed by atoms with van der Waals surface area (Å²) in [5, 5.41) is 13.7. The predicted octanol–water partition coefficient (Wildman–Crippen LogP) is 2.05. The van der Waals surface area contributed by atoms with Crippen molar-refractivity contribution in [1.29, 1.82) is 0 Å². The van der Waals surface area contributed by atoms with Gasteiger partial charge in [-0.15, -0.1) is 5.10 Å². The zero-order valence-corrected chi connectivity index (χ0v) is 13.3. The van der Waals surface area contributed by atoms with Crippen LogP contribution >= 0.6 is 0 Å². The number of aromatic nitrogens is 4. The number of fused-ring (bicyclic) bond motifs is 1. The van der Waals surface area contributed by atoms with E-state index >= 15 is 0 Å². The Morgan fingerprint density at radius 2 is 2.16 bits per heavy atom. The van der Waals surface area contributed by atoms with Crippen LogP contribution < -0.4 is 10.1 Å². The van der Waals surface area contributed by atoms with Crippen molar-refractivity contribution in [3.63, 3.8) is 0 Å². The minimum Gasteiger partial charge on any atom is -0.480 e. The topological polar surface area (TPSA) is 81.9 Å². The van der Waals surface area contributed by atoms with E-state index in [0.717, 1.165) is 5.56 Å². The van der Waals surface area contributed by atoms with Gasteiger partial charge in [-0.25, -0.2) is 4.39 Å². The molecule has 126 valence electrons. The molecule has 0 fully saturated rings. The minimum absolute atomic E-state index is 0.163. The summed E-state index contributed by atoms with van der Waals surface area (Å²) in [7, 11) is 0. The second-order valence-corrected chi connectivity index (χ2v) is 5.71. The standard InChI is InChI=1S/C17H14FN5O2/c1-10-20-21-22-23(10)14-9-12(6-7-13(14)18)19-17(24)16-8-11-4-2-3-5-15(11)25-16/h2-7,9,16H,8H2,1H3,(H,19,24)/t16-/m1/s1. The van der Waals surface area contributed by atoms with Gasteiger partial charge in [0.1, 0.15) is 17.3 Å². The molecule has 1 N–H and O–H groups in total. The Morgan fingerprint density at radius 1 is 1.32 bits per heavy atom. The molecular formula is C17H14FN5O2. The van der Waals surface area contributed by atoms with E-state index in [1.54, 1.807) is 6.92 Å². The number of nitrogens with zero attached hydrogens (tertiary/aromatic N) is 4. The number of amides is 1. The normalized spacial score (nSPS) is 15.5. The summed E-state index contributed by atoms with van der Waals surface area (Å²) < 4.78 is 21.0. The number of hydrogen-bond donors (Lipinski definition) is 1. The fourth-order valence-electron chi connectivity index (χ4n) is 2.76. The maximum Gasteiger partial charge on any atom is 0.265 e. The molecule has 8 heteroatoms. The minimum atomic E-state index is -0.610. The zero-order chi connectivity index (χ0) is 17.4. The smallest absolute Gasteiger partial charge is 0.265 e. The van der Waals surface area contributed by atoms with Crippen LogP contribution in [-0.2, 0) is 11.2 Å². The molecule has 0 saturated heterocycles. The van der Waals surface area contributed by atoms with E-state index in [0.29, 0.717) is 23.7 Å². The number of rotatable bonds is 3. The van der Waals surface area contributed by atoms with Gasteiger partial charge < -0.3 is 10.1 Å². The molecule has 2 aromatic carbocycles. The van der Waals surface area contributed by atoms with Gasteiger partial charge in [-0.1, -0.05) is 18.2 Å². The molecule has 4 rings (SSSR count). The van der Waals surface area contributed by atoms with E-state index in [1.165, 1.54) is 22.9 Å². The van der Waals surface area contributed by atoms with Crippen LogP contribution in [0.5, 0.6) is 5.75 Å². The van der Waals surface area contributed by atoms with Gasteiger partial charge in [0.05, 0.1) is 0 Å². The first kappa shape index (κ1) is 15.3. The molecule has 0 radical (unpaired) electrons. The zero-order valence-electron chi connectivity index (χ0n) is 13.3. The number of hydrogen-bond acceptors (Lipinski definition) is 5. The molecule has 0 saturated carbocycles. The number of tetrazole rings is 1. The summed E-state index contributed by atoms with van der Waals surface area (Å²) in [4.78, 5) is 12.5. The number of carbonyl (C=O) groups is 1. The third kappa shape index (κ3) is 2.82. The Labute approximate surface area is 142 Å². The van der Waals surface area contributed by atoms with E-state index in [-0.39, 0.29) is 11.6 Å². The second kappa shape index (κ2) is 5.97. The van der Waals surface area contributed by atoms with Crippen LogP contribution in [0.15, 0.2) is 42.5 Å².